The van der Waals surface area contributed by atoms with E-state index in [9.17, 15) is 18.3 Å². The van der Waals surface area contributed by atoms with Crippen molar-refractivity contribution in [2.45, 2.75) is 17.4 Å². The first-order valence-electron chi connectivity index (χ1n) is 5.15. The lowest BCUT2D eigenvalue weighted by Gasteiger charge is -2.18. The smallest absolute Gasteiger partial charge is 0.336 e. The van der Waals surface area contributed by atoms with E-state index in [1.807, 2.05) is 4.72 Å². The molecule has 0 amide bonds. The molecule has 19 heavy (non-hydrogen) atoms. The third-order valence-corrected chi connectivity index (χ3v) is 3.82. The fourth-order valence-electron chi connectivity index (χ4n) is 1.18. The second kappa shape index (κ2) is 5.36. The fraction of sp³-hybridized carbons (Fsp3) is 0.273. The van der Waals surface area contributed by atoms with Crippen LogP contribution in [0.2, 0.25) is 0 Å². The summed E-state index contributed by atoms with van der Waals surface area (Å²) in [5, 5.41) is 26.9. The topological polar surface area (TPSA) is 127 Å². The van der Waals surface area contributed by atoms with Crippen LogP contribution in [0.3, 0.4) is 0 Å². The first kappa shape index (κ1) is 15.1. The predicted molar refractivity (Wildman–Crippen MR) is 64.6 cm³/mol. The van der Waals surface area contributed by atoms with E-state index in [4.69, 9.17) is 10.4 Å². The molecular formula is C11H12N2O5S. The van der Waals surface area contributed by atoms with Gasteiger partial charge >= 0.3 is 5.97 Å². The maximum absolute atomic E-state index is 11.9. The highest BCUT2D eigenvalue weighted by molar-refractivity contribution is 7.89. The van der Waals surface area contributed by atoms with Gasteiger partial charge in [0.25, 0.3) is 0 Å². The number of rotatable bonds is 5. The standard InChI is InChI=1S/C11H12N2O5S/c1-11(16,10(14)15)7-13-19(17,18)9-5-3-2-4-8(9)6-12/h2-5,13,16H,7H2,1H3,(H,14,15). The first-order chi connectivity index (χ1) is 8.70. The Morgan fingerprint density at radius 3 is 2.58 bits per heavy atom. The molecule has 1 aromatic carbocycles. The van der Waals surface area contributed by atoms with Crippen LogP contribution in [0.5, 0.6) is 0 Å². The van der Waals surface area contributed by atoms with Gasteiger partial charge in [0.15, 0.2) is 5.60 Å². The van der Waals surface area contributed by atoms with Gasteiger partial charge in [0, 0.05) is 0 Å². The zero-order valence-electron chi connectivity index (χ0n) is 9.99. The summed E-state index contributed by atoms with van der Waals surface area (Å²) in [5.41, 5.74) is -2.29. The van der Waals surface area contributed by atoms with Crippen LogP contribution in [-0.2, 0) is 14.8 Å². The Labute approximate surface area is 110 Å². The van der Waals surface area contributed by atoms with E-state index in [2.05, 4.69) is 0 Å². The normalized spacial score (nSPS) is 14.4. The molecule has 0 radical (unpaired) electrons. The maximum Gasteiger partial charge on any atom is 0.336 e. The molecule has 0 saturated heterocycles. The zero-order chi connectivity index (χ0) is 14.7. The van der Waals surface area contributed by atoms with Gasteiger partial charge in [-0.15, -0.1) is 0 Å². The molecule has 0 bridgehead atoms. The number of aliphatic carboxylic acids is 1. The number of nitriles is 1. The summed E-state index contributed by atoms with van der Waals surface area (Å²) in [6, 6.07) is 7.21. The van der Waals surface area contributed by atoms with Gasteiger partial charge in [-0.2, -0.15) is 5.26 Å². The van der Waals surface area contributed by atoms with Crippen molar-refractivity contribution in [2.24, 2.45) is 0 Å². The molecule has 3 N–H and O–H groups in total. The number of nitrogens with zero attached hydrogens (tertiary/aromatic N) is 1. The molecule has 1 aromatic rings. The SMILES string of the molecule is CC(O)(CNS(=O)(=O)c1ccccc1C#N)C(=O)O. The van der Waals surface area contributed by atoms with E-state index in [1.54, 1.807) is 6.07 Å². The lowest BCUT2D eigenvalue weighted by molar-refractivity contribution is -0.155. The van der Waals surface area contributed by atoms with Crippen LogP contribution in [0.25, 0.3) is 0 Å². The Morgan fingerprint density at radius 1 is 1.47 bits per heavy atom. The summed E-state index contributed by atoms with van der Waals surface area (Å²) in [6.07, 6.45) is 0. The maximum atomic E-state index is 11.9. The van der Waals surface area contributed by atoms with Gasteiger partial charge in [0.05, 0.1) is 17.0 Å². The van der Waals surface area contributed by atoms with E-state index in [-0.39, 0.29) is 10.5 Å². The van der Waals surface area contributed by atoms with Crippen molar-refractivity contribution in [3.05, 3.63) is 29.8 Å². The van der Waals surface area contributed by atoms with Gasteiger partial charge in [-0.25, -0.2) is 17.9 Å². The second-order valence-electron chi connectivity index (χ2n) is 4.01. The molecule has 0 heterocycles. The highest BCUT2D eigenvalue weighted by atomic mass is 32.2. The number of hydrogen-bond donors (Lipinski definition) is 3. The summed E-state index contributed by atoms with van der Waals surface area (Å²) < 4.78 is 25.8. The lowest BCUT2D eigenvalue weighted by atomic mass is 10.1. The van der Waals surface area contributed by atoms with E-state index >= 15 is 0 Å². The molecule has 0 aliphatic rings. The Bertz CT molecular complexity index is 631. The molecule has 0 fully saturated rings. The first-order valence-corrected chi connectivity index (χ1v) is 6.63. The number of aliphatic hydroxyl groups is 1. The highest BCUT2D eigenvalue weighted by Gasteiger charge is 2.32. The van der Waals surface area contributed by atoms with E-state index in [0.29, 0.717) is 0 Å². The molecule has 8 heteroatoms. The van der Waals surface area contributed by atoms with Gasteiger partial charge in [-0.3, -0.25) is 0 Å². The largest absolute Gasteiger partial charge is 0.479 e. The zero-order valence-corrected chi connectivity index (χ0v) is 10.8. The number of carboxylic acids is 1. The molecule has 0 saturated carbocycles. The van der Waals surface area contributed by atoms with Gasteiger partial charge in [0.1, 0.15) is 6.07 Å². The van der Waals surface area contributed by atoms with Crippen molar-refractivity contribution in [3.8, 4) is 6.07 Å². The third kappa shape index (κ3) is 3.51. The molecule has 1 atom stereocenters. The van der Waals surface area contributed by atoms with Crippen LogP contribution in [0.1, 0.15) is 12.5 Å². The van der Waals surface area contributed by atoms with Crippen LogP contribution in [0.15, 0.2) is 29.2 Å². The van der Waals surface area contributed by atoms with Crippen molar-refractivity contribution >= 4 is 16.0 Å². The number of hydrogen-bond acceptors (Lipinski definition) is 5. The predicted octanol–water partition coefficient (Wildman–Crippen LogP) is -0.328. The number of carboxylic acid groups (broad SMARTS) is 1. The van der Waals surface area contributed by atoms with Crippen molar-refractivity contribution in [1.29, 1.82) is 5.26 Å². The van der Waals surface area contributed by atoms with Gasteiger partial charge in [-0.05, 0) is 19.1 Å². The van der Waals surface area contributed by atoms with Crippen molar-refractivity contribution in [3.63, 3.8) is 0 Å². The van der Waals surface area contributed by atoms with Crippen LogP contribution in [0, 0.1) is 11.3 Å². The number of nitrogens with one attached hydrogen (secondary N) is 1. The summed E-state index contributed by atoms with van der Waals surface area (Å²) in [6.45, 7) is 0.262. The molecular weight excluding hydrogens is 272 g/mol. The van der Waals surface area contributed by atoms with Crippen molar-refractivity contribution in [1.82, 2.24) is 4.72 Å². The molecule has 1 rings (SSSR count). The van der Waals surface area contributed by atoms with E-state index in [0.717, 1.165) is 6.92 Å². The minimum atomic E-state index is -4.07. The monoisotopic (exact) mass is 284 g/mol. The molecule has 0 aromatic heterocycles. The minimum Gasteiger partial charge on any atom is -0.479 e. The Hall–Kier alpha value is -1.95. The second-order valence-corrected chi connectivity index (χ2v) is 5.75. The van der Waals surface area contributed by atoms with Crippen molar-refractivity contribution < 1.29 is 23.4 Å². The van der Waals surface area contributed by atoms with Gasteiger partial charge < -0.3 is 10.2 Å². The number of carbonyl (C=O) groups is 1. The average Bonchev–Trinajstić information content (AvgIpc) is 2.36. The summed E-state index contributed by atoms with van der Waals surface area (Å²) in [5.74, 6) is -1.55. The van der Waals surface area contributed by atoms with Crippen LogP contribution >= 0.6 is 0 Å². The van der Waals surface area contributed by atoms with E-state index < -0.39 is 28.1 Å². The van der Waals surface area contributed by atoms with Gasteiger partial charge in [-0.1, -0.05) is 12.1 Å². The Balaban J connectivity index is 3.01. The Morgan fingerprint density at radius 2 is 2.05 bits per heavy atom. The molecule has 0 spiro atoms. The Kier molecular flexibility index (Phi) is 4.26. The number of benzene rings is 1. The van der Waals surface area contributed by atoms with Crippen LogP contribution < -0.4 is 4.72 Å². The molecule has 0 aliphatic heterocycles. The molecule has 1 unspecified atom stereocenters. The minimum absolute atomic E-state index is 0.0648. The van der Waals surface area contributed by atoms with Gasteiger partial charge in [0.2, 0.25) is 10.0 Å². The van der Waals surface area contributed by atoms with E-state index in [1.165, 1.54) is 24.3 Å². The summed E-state index contributed by atoms with van der Waals surface area (Å²) in [4.78, 5) is 10.4. The lowest BCUT2D eigenvalue weighted by Crippen LogP contribution is -2.46. The number of sulfonamides is 1. The third-order valence-electron chi connectivity index (χ3n) is 2.36. The highest BCUT2D eigenvalue weighted by Crippen LogP contribution is 2.14. The molecule has 102 valence electrons. The summed E-state index contributed by atoms with van der Waals surface area (Å²) in [7, 11) is -4.07. The molecule has 0 aliphatic carbocycles. The quantitative estimate of drug-likeness (QED) is 0.679. The average molecular weight is 284 g/mol. The van der Waals surface area contributed by atoms with Crippen LogP contribution in [0.4, 0.5) is 0 Å². The fourth-order valence-corrected chi connectivity index (χ4v) is 2.47. The van der Waals surface area contributed by atoms with Crippen molar-refractivity contribution in [2.75, 3.05) is 6.54 Å². The molecule has 7 nitrogen and oxygen atoms in total. The van der Waals surface area contributed by atoms with Crippen LogP contribution in [-0.4, -0.2) is 36.7 Å². The summed E-state index contributed by atoms with van der Waals surface area (Å²) >= 11 is 0.